The number of para-hydroxylation sites is 1. The molecule has 5 heteroatoms. The zero-order valence-corrected chi connectivity index (χ0v) is 11.7. The standard InChI is InChI=1S/C16H15N3O2/c1-19-13-8-3-2-6-12(13)15(18-19)17-16(20)14-11-7-4-5-10(11)9-21-14/h2-3,6,8-9H,4-5,7H2,1H3,(H,17,18,20). The lowest BCUT2D eigenvalue weighted by molar-refractivity contribution is 0.0995. The van der Waals surface area contributed by atoms with Gasteiger partial charge < -0.3 is 9.73 Å². The molecule has 0 atom stereocenters. The van der Waals surface area contributed by atoms with Crippen molar-refractivity contribution in [3.63, 3.8) is 0 Å². The van der Waals surface area contributed by atoms with Crippen LogP contribution in [-0.4, -0.2) is 15.7 Å². The van der Waals surface area contributed by atoms with E-state index >= 15 is 0 Å². The van der Waals surface area contributed by atoms with E-state index in [1.165, 1.54) is 0 Å². The molecule has 0 saturated carbocycles. The SMILES string of the molecule is Cn1nc(NC(=O)c2occ3c2CCC3)c2ccccc21. The molecule has 1 amide bonds. The normalized spacial score (nSPS) is 13.6. The maximum Gasteiger partial charge on any atom is 0.292 e. The molecule has 0 bridgehead atoms. The first kappa shape index (κ1) is 12.2. The van der Waals surface area contributed by atoms with Crippen LogP contribution < -0.4 is 5.32 Å². The molecular formula is C16H15N3O2. The average molecular weight is 281 g/mol. The van der Waals surface area contributed by atoms with Gasteiger partial charge in [0.25, 0.3) is 5.91 Å². The van der Waals surface area contributed by atoms with Crippen molar-refractivity contribution in [1.29, 1.82) is 0 Å². The second kappa shape index (κ2) is 4.48. The van der Waals surface area contributed by atoms with Crippen LogP contribution in [0.4, 0.5) is 5.82 Å². The van der Waals surface area contributed by atoms with E-state index in [9.17, 15) is 4.79 Å². The fourth-order valence-corrected chi connectivity index (χ4v) is 3.02. The van der Waals surface area contributed by atoms with Gasteiger partial charge in [-0.1, -0.05) is 12.1 Å². The van der Waals surface area contributed by atoms with Crippen molar-refractivity contribution in [3.8, 4) is 0 Å². The molecule has 0 saturated heterocycles. The average Bonchev–Trinajstić information content (AvgIpc) is 3.15. The number of nitrogens with one attached hydrogen (secondary N) is 1. The molecule has 1 aromatic carbocycles. The summed E-state index contributed by atoms with van der Waals surface area (Å²) in [7, 11) is 1.86. The highest BCUT2D eigenvalue weighted by atomic mass is 16.3. The number of fused-ring (bicyclic) bond motifs is 2. The molecule has 2 aromatic heterocycles. The van der Waals surface area contributed by atoms with Gasteiger partial charge in [-0.3, -0.25) is 9.48 Å². The van der Waals surface area contributed by atoms with Crippen LogP contribution in [0.25, 0.3) is 10.9 Å². The minimum atomic E-state index is -0.220. The van der Waals surface area contributed by atoms with E-state index in [0.29, 0.717) is 11.6 Å². The molecule has 21 heavy (non-hydrogen) atoms. The maximum absolute atomic E-state index is 12.4. The van der Waals surface area contributed by atoms with Crippen LogP contribution >= 0.6 is 0 Å². The number of aryl methyl sites for hydroxylation is 2. The summed E-state index contributed by atoms with van der Waals surface area (Å²) in [6.45, 7) is 0. The third-order valence-electron chi connectivity index (χ3n) is 4.05. The molecule has 3 aromatic rings. The number of carbonyl (C=O) groups excluding carboxylic acids is 1. The van der Waals surface area contributed by atoms with E-state index in [1.54, 1.807) is 10.9 Å². The number of furan rings is 1. The molecule has 1 aliphatic carbocycles. The van der Waals surface area contributed by atoms with Crippen LogP contribution in [0.2, 0.25) is 0 Å². The van der Waals surface area contributed by atoms with Crippen molar-refractivity contribution in [1.82, 2.24) is 9.78 Å². The first-order valence-electron chi connectivity index (χ1n) is 7.06. The molecular weight excluding hydrogens is 266 g/mol. The van der Waals surface area contributed by atoms with Crippen LogP contribution in [0.15, 0.2) is 34.9 Å². The molecule has 0 aliphatic heterocycles. The number of anilines is 1. The second-order valence-corrected chi connectivity index (χ2v) is 5.37. The lowest BCUT2D eigenvalue weighted by Crippen LogP contribution is -2.13. The summed E-state index contributed by atoms with van der Waals surface area (Å²) in [5, 5.41) is 8.18. The van der Waals surface area contributed by atoms with Crippen molar-refractivity contribution in [3.05, 3.63) is 47.4 Å². The Morgan fingerprint density at radius 2 is 2.19 bits per heavy atom. The number of hydrogen-bond acceptors (Lipinski definition) is 3. The zero-order chi connectivity index (χ0) is 14.4. The van der Waals surface area contributed by atoms with Crippen LogP contribution in [0.3, 0.4) is 0 Å². The van der Waals surface area contributed by atoms with Gasteiger partial charge in [0.05, 0.1) is 11.8 Å². The Balaban J connectivity index is 1.70. The zero-order valence-electron chi connectivity index (χ0n) is 11.7. The Bertz CT molecular complexity index is 844. The Kier molecular flexibility index (Phi) is 2.60. The maximum atomic E-state index is 12.4. The fourth-order valence-electron chi connectivity index (χ4n) is 3.02. The summed E-state index contributed by atoms with van der Waals surface area (Å²) in [4.78, 5) is 12.4. The van der Waals surface area contributed by atoms with Gasteiger partial charge in [0.1, 0.15) is 0 Å². The van der Waals surface area contributed by atoms with Gasteiger partial charge in [0, 0.05) is 18.0 Å². The highest BCUT2D eigenvalue weighted by molar-refractivity contribution is 6.07. The number of aromatic nitrogens is 2. The lowest BCUT2D eigenvalue weighted by atomic mass is 10.2. The third kappa shape index (κ3) is 1.85. The van der Waals surface area contributed by atoms with Crippen molar-refractivity contribution in [2.45, 2.75) is 19.3 Å². The molecule has 0 unspecified atom stereocenters. The Morgan fingerprint density at radius 1 is 1.33 bits per heavy atom. The minimum Gasteiger partial charge on any atom is -0.459 e. The third-order valence-corrected chi connectivity index (χ3v) is 4.05. The smallest absolute Gasteiger partial charge is 0.292 e. The van der Waals surface area contributed by atoms with Gasteiger partial charge in [0.15, 0.2) is 11.6 Å². The van der Waals surface area contributed by atoms with E-state index in [4.69, 9.17) is 4.42 Å². The number of nitrogens with zero attached hydrogens (tertiary/aromatic N) is 2. The number of hydrogen-bond donors (Lipinski definition) is 1. The Hall–Kier alpha value is -2.56. The molecule has 2 heterocycles. The predicted octanol–water partition coefficient (Wildman–Crippen LogP) is 2.91. The van der Waals surface area contributed by atoms with Crippen LogP contribution in [0, 0.1) is 0 Å². The van der Waals surface area contributed by atoms with E-state index in [0.717, 1.165) is 41.3 Å². The van der Waals surface area contributed by atoms with Crippen molar-refractivity contribution in [2.24, 2.45) is 7.05 Å². The monoisotopic (exact) mass is 281 g/mol. The summed E-state index contributed by atoms with van der Waals surface area (Å²) < 4.78 is 7.21. The summed E-state index contributed by atoms with van der Waals surface area (Å²) in [5.74, 6) is 0.778. The van der Waals surface area contributed by atoms with E-state index < -0.39 is 0 Å². The van der Waals surface area contributed by atoms with Gasteiger partial charge in [0.2, 0.25) is 0 Å². The largest absolute Gasteiger partial charge is 0.459 e. The quantitative estimate of drug-likeness (QED) is 0.785. The molecule has 5 nitrogen and oxygen atoms in total. The van der Waals surface area contributed by atoms with Crippen molar-refractivity contribution >= 4 is 22.6 Å². The van der Waals surface area contributed by atoms with E-state index in [1.807, 2.05) is 31.3 Å². The van der Waals surface area contributed by atoms with Gasteiger partial charge in [-0.05, 0) is 37.0 Å². The minimum absolute atomic E-state index is 0.220. The van der Waals surface area contributed by atoms with Crippen molar-refractivity contribution in [2.75, 3.05) is 5.32 Å². The fraction of sp³-hybridized carbons (Fsp3) is 0.250. The van der Waals surface area contributed by atoms with E-state index in [-0.39, 0.29) is 5.91 Å². The molecule has 0 spiro atoms. The highest BCUT2D eigenvalue weighted by Crippen LogP contribution is 2.28. The van der Waals surface area contributed by atoms with Crippen LogP contribution in [-0.2, 0) is 19.9 Å². The molecule has 0 fully saturated rings. The van der Waals surface area contributed by atoms with Gasteiger partial charge in [-0.2, -0.15) is 5.10 Å². The number of rotatable bonds is 2. The molecule has 1 aliphatic rings. The molecule has 4 rings (SSSR count). The topological polar surface area (TPSA) is 60.1 Å². The van der Waals surface area contributed by atoms with Gasteiger partial charge in [-0.25, -0.2) is 0 Å². The molecule has 106 valence electrons. The van der Waals surface area contributed by atoms with Crippen molar-refractivity contribution < 1.29 is 9.21 Å². The number of carbonyl (C=O) groups is 1. The number of amides is 1. The highest BCUT2D eigenvalue weighted by Gasteiger charge is 2.24. The summed E-state index contributed by atoms with van der Waals surface area (Å²) in [6, 6.07) is 7.81. The van der Waals surface area contributed by atoms with Gasteiger partial charge in [-0.15, -0.1) is 0 Å². The Labute approximate surface area is 121 Å². The van der Waals surface area contributed by atoms with Crippen LogP contribution in [0.5, 0.6) is 0 Å². The Morgan fingerprint density at radius 3 is 3.10 bits per heavy atom. The summed E-state index contributed by atoms with van der Waals surface area (Å²) in [5.41, 5.74) is 3.19. The molecule has 1 N–H and O–H groups in total. The summed E-state index contributed by atoms with van der Waals surface area (Å²) >= 11 is 0. The number of benzene rings is 1. The first-order valence-corrected chi connectivity index (χ1v) is 7.06. The van der Waals surface area contributed by atoms with Gasteiger partial charge >= 0.3 is 0 Å². The molecule has 0 radical (unpaired) electrons. The summed E-state index contributed by atoms with van der Waals surface area (Å²) in [6.07, 6.45) is 4.71. The van der Waals surface area contributed by atoms with Crippen LogP contribution in [0.1, 0.15) is 28.1 Å². The predicted molar refractivity (Wildman–Crippen MR) is 79.4 cm³/mol. The lowest BCUT2D eigenvalue weighted by Gasteiger charge is -2.01. The first-order chi connectivity index (χ1) is 10.2. The second-order valence-electron chi connectivity index (χ2n) is 5.37. The van der Waals surface area contributed by atoms with E-state index in [2.05, 4.69) is 10.4 Å².